The summed E-state index contributed by atoms with van der Waals surface area (Å²) < 4.78 is 27.4. The Bertz CT molecular complexity index is 696. The van der Waals surface area contributed by atoms with Crippen LogP contribution in [-0.4, -0.2) is 19.9 Å². The number of sulfonamides is 1. The monoisotopic (exact) mass is 325 g/mol. The van der Waals surface area contributed by atoms with E-state index in [9.17, 15) is 8.42 Å². The van der Waals surface area contributed by atoms with Crippen molar-refractivity contribution >= 4 is 27.0 Å². The number of aryl methyl sites for hydroxylation is 1. The Morgan fingerprint density at radius 2 is 2.10 bits per heavy atom. The number of pyridine rings is 1. The van der Waals surface area contributed by atoms with Crippen LogP contribution in [-0.2, 0) is 16.6 Å². The Balaban J connectivity index is 2.15. The number of hydrogen-bond acceptors (Lipinski definition) is 5. The van der Waals surface area contributed by atoms with E-state index in [1.54, 1.807) is 23.5 Å². The fourth-order valence-corrected chi connectivity index (χ4v) is 3.85. The van der Waals surface area contributed by atoms with Crippen LogP contribution >= 0.6 is 11.3 Å². The summed E-state index contributed by atoms with van der Waals surface area (Å²) in [6.45, 7) is 5.01. The van der Waals surface area contributed by atoms with Gasteiger partial charge in [0, 0.05) is 29.0 Å². The van der Waals surface area contributed by atoms with E-state index in [2.05, 4.69) is 15.0 Å². The molecule has 114 valence electrons. The summed E-state index contributed by atoms with van der Waals surface area (Å²) in [6.07, 6.45) is 2.40. The lowest BCUT2D eigenvalue weighted by atomic mass is 10.4. The third kappa shape index (κ3) is 4.26. The largest absolute Gasteiger partial charge is 0.383 e. The highest BCUT2D eigenvalue weighted by Gasteiger charge is 2.19. The molecule has 7 heteroatoms. The first-order valence-electron chi connectivity index (χ1n) is 6.77. The van der Waals surface area contributed by atoms with Crippen molar-refractivity contribution in [1.82, 2.24) is 9.71 Å². The van der Waals surface area contributed by atoms with Gasteiger partial charge in [-0.25, -0.2) is 18.1 Å². The second kappa shape index (κ2) is 7.02. The van der Waals surface area contributed by atoms with Gasteiger partial charge in [0.2, 0.25) is 0 Å². The molecule has 0 aliphatic heterocycles. The first-order chi connectivity index (χ1) is 10.0. The molecule has 0 saturated carbocycles. The molecular weight excluding hydrogens is 306 g/mol. The highest BCUT2D eigenvalue weighted by molar-refractivity contribution is 7.89. The molecule has 0 aliphatic rings. The Labute approximate surface area is 129 Å². The highest BCUT2D eigenvalue weighted by Crippen LogP contribution is 2.19. The second-order valence-electron chi connectivity index (χ2n) is 4.62. The van der Waals surface area contributed by atoms with Crippen molar-refractivity contribution in [2.45, 2.75) is 31.8 Å². The maximum atomic E-state index is 12.4. The third-order valence-electron chi connectivity index (χ3n) is 2.82. The van der Waals surface area contributed by atoms with Crippen molar-refractivity contribution < 1.29 is 8.42 Å². The standard InChI is InChI=1S/C14H19N3O2S2/c1-3-8-15-13-5-4-9-16-14(13)21(18,19)17-10-12-7-6-11(2)20-12/h4-7,9,15,17H,3,8,10H2,1-2H3. The van der Waals surface area contributed by atoms with E-state index >= 15 is 0 Å². The minimum atomic E-state index is -3.63. The minimum absolute atomic E-state index is 0.0479. The highest BCUT2D eigenvalue weighted by atomic mass is 32.2. The molecule has 0 atom stereocenters. The predicted molar refractivity (Wildman–Crippen MR) is 86.1 cm³/mol. The molecule has 0 amide bonds. The van der Waals surface area contributed by atoms with Crippen LogP contribution in [0.2, 0.25) is 0 Å². The minimum Gasteiger partial charge on any atom is -0.383 e. The van der Waals surface area contributed by atoms with Gasteiger partial charge in [-0.05, 0) is 37.6 Å². The summed E-state index contributed by atoms with van der Waals surface area (Å²) in [5, 5.41) is 3.14. The summed E-state index contributed by atoms with van der Waals surface area (Å²) in [5.74, 6) is 0. The Hall–Kier alpha value is -1.44. The molecule has 0 aromatic carbocycles. The number of anilines is 1. The molecule has 0 aliphatic carbocycles. The first-order valence-corrected chi connectivity index (χ1v) is 9.07. The molecular formula is C14H19N3O2S2. The molecule has 0 unspecified atom stereocenters. The third-order valence-corrected chi connectivity index (χ3v) is 5.18. The van der Waals surface area contributed by atoms with Crippen molar-refractivity contribution in [3.8, 4) is 0 Å². The molecule has 2 N–H and O–H groups in total. The van der Waals surface area contributed by atoms with Gasteiger partial charge in [-0.1, -0.05) is 6.92 Å². The quantitative estimate of drug-likeness (QED) is 0.821. The fraction of sp³-hybridized carbons (Fsp3) is 0.357. The van der Waals surface area contributed by atoms with Gasteiger partial charge in [-0.2, -0.15) is 0 Å². The number of aromatic nitrogens is 1. The van der Waals surface area contributed by atoms with E-state index in [0.29, 0.717) is 12.2 Å². The van der Waals surface area contributed by atoms with Crippen LogP contribution in [0, 0.1) is 6.92 Å². The molecule has 0 fully saturated rings. The van der Waals surface area contributed by atoms with Crippen LogP contribution in [0.1, 0.15) is 23.1 Å². The zero-order chi connectivity index (χ0) is 15.3. The molecule has 5 nitrogen and oxygen atoms in total. The van der Waals surface area contributed by atoms with Crippen molar-refractivity contribution in [3.63, 3.8) is 0 Å². The van der Waals surface area contributed by atoms with E-state index in [4.69, 9.17) is 0 Å². The van der Waals surface area contributed by atoms with Crippen LogP contribution in [0.3, 0.4) is 0 Å². The van der Waals surface area contributed by atoms with Crippen LogP contribution in [0.25, 0.3) is 0 Å². The van der Waals surface area contributed by atoms with Gasteiger partial charge in [0.1, 0.15) is 0 Å². The van der Waals surface area contributed by atoms with E-state index in [0.717, 1.165) is 16.2 Å². The number of hydrogen-bond donors (Lipinski definition) is 2. The van der Waals surface area contributed by atoms with Gasteiger partial charge in [-0.3, -0.25) is 0 Å². The maximum absolute atomic E-state index is 12.4. The van der Waals surface area contributed by atoms with Gasteiger partial charge in [-0.15, -0.1) is 11.3 Å². The average Bonchev–Trinajstić information content (AvgIpc) is 2.89. The van der Waals surface area contributed by atoms with Crippen molar-refractivity contribution in [2.24, 2.45) is 0 Å². The maximum Gasteiger partial charge on any atom is 0.260 e. The Kier molecular flexibility index (Phi) is 5.33. The molecule has 2 rings (SSSR count). The summed E-state index contributed by atoms with van der Waals surface area (Å²) in [4.78, 5) is 6.15. The summed E-state index contributed by atoms with van der Waals surface area (Å²) in [5.41, 5.74) is 0.536. The van der Waals surface area contributed by atoms with E-state index in [1.165, 1.54) is 6.20 Å². The van der Waals surface area contributed by atoms with Crippen LogP contribution < -0.4 is 10.0 Å². The lowest BCUT2D eigenvalue weighted by Crippen LogP contribution is -2.25. The molecule has 0 bridgehead atoms. The Morgan fingerprint density at radius 1 is 1.29 bits per heavy atom. The van der Waals surface area contributed by atoms with Crippen molar-refractivity contribution in [1.29, 1.82) is 0 Å². The van der Waals surface area contributed by atoms with Crippen LogP contribution in [0.4, 0.5) is 5.69 Å². The Morgan fingerprint density at radius 3 is 2.76 bits per heavy atom. The molecule has 0 saturated heterocycles. The van der Waals surface area contributed by atoms with Gasteiger partial charge < -0.3 is 5.32 Å². The molecule has 0 radical (unpaired) electrons. The second-order valence-corrected chi connectivity index (χ2v) is 7.67. The van der Waals surface area contributed by atoms with Gasteiger partial charge in [0.05, 0.1) is 5.69 Å². The van der Waals surface area contributed by atoms with Crippen LogP contribution in [0.5, 0.6) is 0 Å². The number of thiophene rings is 1. The SMILES string of the molecule is CCCNc1cccnc1S(=O)(=O)NCc1ccc(C)s1. The topological polar surface area (TPSA) is 71.1 Å². The summed E-state index contributed by atoms with van der Waals surface area (Å²) >= 11 is 1.58. The predicted octanol–water partition coefficient (Wildman–Crippen LogP) is 2.75. The lowest BCUT2D eigenvalue weighted by molar-refractivity contribution is 0.578. The molecule has 2 aromatic rings. The lowest BCUT2D eigenvalue weighted by Gasteiger charge is -2.11. The van der Waals surface area contributed by atoms with Crippen molar-refractivity contribution in [3.05, 3.63) is 40.2 Å². The number of nitrogens with one attached hydrogen (secondary N) is 2. The van der Waals surface area contributed by atoms with Crippen LogP contribution in [0.15, 0.2) is 35.5 Å². The molecule has 2 aromatic heterocycles. The number of nitrogens with zero attached hydrogens (tertiary/aromatic N) is 1. The average molecular weight is 325 g/mol. The number of rotatable bonds is 7. The molecule has 21 heavy (non-hydrogen) atoms. The summed E-state index contributed by atoms with van der Waals surface area (Å²) in [6, 6.07) is 7.35. The van der Waals surface area contributed by atoms with Gasteiger partial charge in [0.25, 0.3) is 10.0 Å². The van der Waals surface area contributed by atoms with Gasteiger partial charge in [0.15, 0.2) is 5.03 Å². The first kappa shape index (κ1) is 15.9. The van der Waals surface area contributed by atoms with Crippen molar-refractivity contribution in [2.75, 3.05) is 11.9 Å². The van der Waals surface area contributed by atoms with E-state index < -0.39 is 10.0 Å². The van der Waals surface area contributed by atoms with Gasteiger partial charge >= 0.3 is 0 Å². The normalized spacial score (nSPS) is 11.5. The smallest absolute Gasteiger partial charge is 0.260 e. The molecule has 2 heterocycles. The zero-order valence-corrected chi connectivity index (χ0v) is 13.7. The summed E-state index contributed by atoms with van der Waals surface area (Å²) in [7, 11) is -3.63. The van der Waals surface area contributed by atoms with E-state index in [1.807, 2.05) is 26.0 Å². The van der Waals surface area contributed by atoms with E-state index in [-0.39, 0.29) is 11.6 Å². The zero-order valence-electron chi connectivity index (χ0n) is 12.1. The fourth-order valence-electron chi connectivity index (χ4n) is 1.81. The molecule has 0 spiro atoms.